The van der Waals surface area contributed by atoms with Gasteiger partial charge in [0.15, 0.2) is 0 Å². The van der Waals surface area contributed by atoms with Gasteiger partial charge < -0.3 is 15.2 Å². The number of aliphatic hydroxyl groups is 1. The molecule has 1 atom stereocenters. The van der Waals surface area contributed by atoms with Crippen LogP contribution in [0.2, 0.25) is 10.0 Å². The largest absolute Gasteiger partial charge is 0.444 e. The molecule has 210 valence electrons. The molecular formula is C29H29Cl2N3O6. The number of hydrogen-bond donors (Lipinski definition) is 3. The number of carbonyl (C=O) groups excluding carboxylic acids is 2. The lowest BCUT2D eigenvalue weighted by atomic mass is 9.95. The number of nitrogens with zero attached hydrogens (tertiary/aromatic N) is 1. The van der Waals surface area contributed by atoms with Crippen LogP contribution in [0.25, 0.3) is 11.1 Å². The monoisotopic (exact) mass is 585 g/mol. The topological polar surface area (TPSA) is 126 Å². The lowest BCUT2D eigenvalue weighted by Crippen LogP contribution is -2.27. The second-order valence-electron chi connectivity index (χ2n) is 11.0. The lowest BCUT2D eigenvalue weighted by molar-refractivity contribution is -0.117. The number of carbonyl (C=O) groups is 2. The molecule has 1 aliphatic heterocycles. The third kappa shape index (κ3) is 6.92. The van der Waals surface area contributed by atoms with Gasteiger partial charge in [0, 0.05) is 27.9 Å². The summed E-state index contributed by atoms with van der Waals surface area (Å²) in [5, 5.41) is 16.3. The normalized spacial score (nSPS) is 16.6. The molecule has 9 nitrogen and oxygen atoms in total. The second kappa shape index (κ2) is 11.0. The number of aromatic nitrogens is 1. The third-order valence-corrected chi connectivity index (χ3v) is 7.03. The van der Waals surface area contributed by atoms with E-state index in [1.807, 2.05) is 12.1 Å². The van der Waals surface area contributed by atoms with Crippen LogP contribution in [0.5, 0.6) is 0 Å². The zero-order valence-corrected chi connectivity index (χ0v) is 23.7. The summed E-state index contributed by atoms with van der Waals surface area (Å²) in [4.78, 5) is 39.6. The van der Waals surface area contributed by atoms with E-state index in [4.69, 9.17) is 27.9 Å². The molecule has 5 rings (SSSR count). The summed E-state index contributed by atoms with van der Waals surface area (Å²) >= 11 is 12.6. The summed E-state index contributed by atoms with van der Waals surface area (Å²) in [6.45, 7) is 5.37. The highest BCUT2D eigenvalue weighted by Gasteiger charge is 2.49. The van der Waals surface area contributed by atoms with E-state index < -0.39 is 23.6 Å². The van der Waals surface area contributed by atoms with Crippen LogP contribution in [-0.2, 0) is 25.3 Å². The number of rotatable bonds is 8. The summed E-state index contributed by atoms with van der Waals surface area (Å²) in [5.41, 5.74) is 2.58. The quantitative estimate of drug-likeness (QED) is 0.192. The van der Waals surface area contributed by atoms with Crippen LogP contribution in [-0.4, -0.2) is 27.7 Å². The van der Waals surface area contributed by atoms with Gasteiger partial charge in [-0.15, -0.1) is 0 Å². The van der Waals surface area contributed by atoms with E-state index in [1.54, 1.807) is 57.3 Å². The average molecular weight is 586 g/mol. The summed E-state index contributed by atoms with van der Waals surface area (Å²) < 4.78 is 5.39. The van der Waals surface area contributed by atoms with Crippen LogP contribution >= 0.6 is 23.2 Å². The van der Waals surface area contributed by atoms with Crippen LogP contribution < -0.4 is 10.6 Å². The third-order valence-electron chi connectivity index (χ3n) is 6.49. The maximum Gasteiger partial charge on any atom is 0.412 e. The molecule has 2 aromatic carbocycles. The zero-order valence-electron chi connectivity index (χ0n) is 22.2. The molecule has 1 saturated carbocycles. The van der Waals surface area contributed by atoms with E-state index in [1.165, 1.54) is 6.07 Å². The van der Waals surface area contributed by atoms with Crippen LogP contribution in [0.15, 0.2) is 54.7 Å². The number of benzene rings is 2. The highest BCUT2D eigenvalue weighted by Crippen LogP contribution is 2.41. The number of amides is 2. The number of nitrogens with one attached hydrogen (secondary N) is 2. The molecular weight excluding hydrogens is 557 g/mol. The standard InChI is InChI=1S/C29H29Cl2N3O6/c1-28(2,3)38-27(36)34-24-11-8-19(30)14-20(24)17-6-9-23(32-15-17)21(12-16-4-5-16)26(35)33-25-10-7-18(13-22(25)31)29(37)39-40-29/h6-11,13-16,21,37H,4-5,12H2,1-3H3,(H,33,35)(H,34,36). The minimum Gasteiger partial charge on any atom is -0.444 e. The van der Waals surface area contributed by atoms with Gasteiger partial charge in [-0.05, 0) is 75.6 Å². The summed E-state index contributed by atoms with van der Waals surface area (Å²) in [6.07, 6.45) is 3.86. The fourth-order valence-electron chi connectivity index (χ4n) is 4.27. The summed E-state index contributed by atoms with van der Waals surface area (Å²) in [6, 6.07) is 13.4. The molecule has 1 aromatic heterocycles. The van der Waals surface area contributed by atoms with Crippen molar-refractivity contribution in [2.75, 3.05) is 10.6 Å². The van der Waals surface area contributed by atoms with Crippen LogP contribution in [0.1, 0.15) is 57.2 Å². The Bertz CT molecular complexity index is 1430. The van der Waals surface area contributed by atoms with Crippen molar-refractivity contribution in [3.05, 3.63) is 76.0 Å². The number of ether oxygens (including phenoxy) is 1. The molecule has 3 aromatic rings. The van der Waals surface area contributed by atoms with Crippen molar-refractivity contribution in [2.45, 2.75) is 57.5 Å². The predicted octanol–water partition coefficient (Wildman–Crippen LogP) is 6.99. The molecule has 0 radical (unpaired) electrons. The smallest absolute Gasteiger partial charge is 0.412 e. The molecule has 0 bridgehead atoms. The van der Waals surface area contributed by atoms with E-state index >= 15 is 0 Å². The van der Waals surface area contributed by atoms with Gasteiger partial charge in [0.05, 0.1) is 28.0 Å². The molecule has 2 amide bonds. The Balaban J connectivity index is 1.36. The van der Waals surface area contributed by atoms with Crippen molar-refractivity contribution in [3.63, 3.8) is 0 Å². The molecule has 2 heterocycles. The first-order valence-corrected chi connectivity index (χ1v) is 13.6. The average Bonchev–Trinajstić information content (AvgIpc) is 3.82. The van der Waals surface area contributed by atoms with Crippen LogP contribution in [0, 0.1) is 5.92 Å². The molecule has 11 heteroatoms. The van der Waals surface area contributed by atoms with E-state index in [9.17, 15) is 14.7 Å². The fourth-order valence-corrected chi connectivity index (χ4v) is 4.67. The van der Waals surface area contributed by atoms with E-state index in [0.29, 0.717) is 51.1 Å². The molecule has 1 saturated heterocycles. The van der Waals surface area contributed by atoms with Gasteiger partial charge in [0.2, 0.25) is 5.91 Å². The fraction of sp³-hybridized carbons (Fsp3) is 0.345. The maximum atomic E-state index is 13.4. The van der Waals surface area contributed by atoms with Crippen molar-refractivity contribution < 1.29 is 29.2 Å². The summed E-state index contributed by atoms with van der Waals surface area (Å²) in [7, 11) is 0. The predicted molar refractivity (Wildman–Crippen MR) is 151 cm³/mol. The molecule has 0 spiro atoms. The Morgan fingerprint density at radius 2 is 1.80 bits per heavy atom. The first kappa shape index (κ1) is 28.3. The van der Waals surface area contributed by atoms with Crippen molar-refractivity contribution in [1.29, 1.82) is 0 Å². The Kier molecular flexibility index (Phi) is 7.78. The van der Waals surface area contributed by atoms with E-state index in [-0.39, 0.29) is 10.9 Å². The van der Waals surface area contributed by atoms with Crippen molar-refractivity contribution in [3.8, 4) is 11.1 Å². The lowest BCUT2D eigenvalue weighted by Gasteiger charge is -2.21. The number of anilines is 2. The Morgan fingerprint density at radius 1 is 1.07 bits per heavy atom. The SMILES string of the molecule is CC(C)(C)OC(=O)Nc1ccc(Cl)cc1-c1ccc(C(CC2CC2)C(=O)Nc2ccc(C3(O)OO3)cc2Cl)nc1. The molecule has 1 aliphatic carbocycles. The minimum atomic E-state index is -1.79. The minimum absolute atomic E-state index is 0.234. The van der Waals surface area contributed by atoms with Gasteiger partial charge >= 0.3 is 12.1 Å². The first-order valence-electron chi connectivity index (χ1n) is 12.9. The molecule has 1 unspecified atom stereocenters. The van der Waals surface area contributed by atoms with Crippen molar-refractivity contribution in [1.82, 2.24) is 4.98 Å². The van der Waals surface area contributed by atoms with Crippen LogP contribution in [0.4, 0.5) is 16.2 Å². The molecule has 3 N–H and O–H groups in total. The number of pyridine rings is 1. The van der Waals surface area contributed by atoms with E-state index in [0.717, 1.165) is 12.8 Å². The van der Waals surface area contributed by atoms with Gasteiger partial charge in [-0.3, -0.25) is 15.1 Å². The Morgan fingerprint density at radius 3 is 2.40 bits per heavy atom. The Hall–Kier alpha value is -3.21. The Labute approximate surface area is 241 Å². The van der Waals surface area contributed by atoms with Crippen molar-refractivity contribution in [2.24, 2.45) is 5.92 Å². The number of hydrogen-bond acceptors (Lipinski definition) is 7. The molecule has 2 fully saturated rings. The number of halogens is 2. The van der Waals surface area contributed by atoms with Crippen LogP contribution in [0.3, 0.4) is 0 Å². The highest BCUT2D eigenvalue weighted by molar-refractivity contribution is 6.33. The van der Waals surface area contributed by atoms with Gasteiger partial charge in [-0.25, -0.2) is 4.79 Å². The van der Waals surface area contributed by atoms with Gasteiger partial charge in [-0.2, -0.15) is 9.78 Å². The van der Waals surface area contributed by atoms with Gasteiger partial charge in [0.1, 0.15) is 5.60 Å². The second-order valence-corrected chi connectivity index (χ2v) is 11.8. The molecule has 2 aliphatic rings. The van der Waals surface area contributed by atoms with Gasteiger partial charge in [-0.1, -0.05) is 42.1 Å². The zero-order chi connectivity index (χ0) is 28.7. The first-order chi connectivity index (χ1) is 18.9. The van der Waals surface area contributed by atoms with Crippen molar-refractivity contribution >= 4 is 46.6 Å². The highest BCUT2D eigenvalue weighted by atomic mass is 35.5. The van der Waals surface area contributed by atoms with Gasteiger partial charge in [0.25, 0.3) is 0 Å². The molecule has 40 heavy (non-hydrogen) atoms. The summed E-state index contributed by atoms with van der Waals surface area (Å²) in [5.74, 6) is -2.09. The maximum absolute atomic E-state index is 13.4. The van der Waals surface area contributed by atoms with E-state index in [2.05, 4.69) is 25.4 Å².